The Bertz CT molecular complexity index is 350. The first kappa shape index (κ1) is 9.18. The highest BCUT2D eigenvalue weighted by Crippen LogP contribution is 2.31. The van der Waals surface area contributed by atoms with Crippen molar-refractivity contribution in [2.24, 2.45) is 0 Å². The Morgan fingerprint density at radius 3 is 2.58 bits per heavy atom. The standard InChI is InChI=1S/C6H4BrF2NO2/c7-2-1-10-6(12)4(11)3(2)5(8)9/h1,5,11H,(H,10,12). The van der Waals surface area contributed by atoms with Crippen molar-refractivity contribution >= 4 is 15.9 Å². The number of aromatic nitrogens is 1. The van der Waals surface area contributed by atoms with Crippen molar-refractivity contribution in [1.29, 1.82) is 0 Å². The minimum atomic E-state index is -2.87. The second-order valence-corrected chi connectivity index (χ2v) is 2.88. The van der Waals surface area contributed by atoms with E-state index >= 15 is 0 Å². The number of nitrogens with one attached hydrogen (secondary N) is 1. The second kappa shape index (κ2) is 3.22. The van der Waals surface area contributed by atoms with Gasteiger partial charge in [0.1, 0.15) is 0 Å². The van der Waals surface area contributed by atoms with Crippen LogP contribution in [-0.2, 0) is 0 Å². The zero-order chi connectivity index (χ0) is 9.30. The predicted octanol–water partition coefficient (Wildman–Crippen LogP) is 1.78. The second-order valence-electron chi connectivity index (χ2n) is 2.03. The molecule has 0 fully saturated rings. The average molecular weight is 240 g/mol. The van der Waals surface area contributed by atoms with Gasteiger partial charge in [-0.05, 0) is 15.9 Å². The molecular formula is C6H4BrF2NO2. The van der Waals surface area contributed by atoms with Crippen molar-refractivity contribution in [3.05, 3.63) is 26.6 Å². The molecule has 0 unspecified atom stereocenters. The maximum Gasteiger partial charge on any atom is 0.290 e. The van der Waals surface area contributed by atoms with Crippen LogP contribution >= 0.6 is 15.9 Å². The average Bonchev–Trinajstić information content (AvgIpc) is 1.97. The summed E-state index contributed by atoms with van der Waals surface area (Å²) in [5.74, 6) is -0.945. The van der Waals surface area contributed by atoms with Crippen LogP contribution < -0.4 is 5.56 Å². The third-order valence-electron chi connectivity index (χ3n) is 1.28. The van der Waals surface area contributed by atoms with Crippen molar-refractivity contribution < 1.29 is 13.9 Å². The van der Waals surface area contributed by atoms with Crippen LogP contribution in [0.4, 0.5) is 8.78 Å². The van der Waals surface area contributed by atoms with E-state index in [0.29, 0.717) is 0 Å². The Balaban J connectivity index is 3.43. The van der Waals surface area contributed by atoms with Gasteiger partial charge in [0.15, 0.2) is 5.75 Å². The minimum absolute atomic E-state index is 0.0189. The number of alkyl halides is 2. The fourth-order valence-electron chi connectivity index (χ4n) is 0.718. The number of hydrogen-bond acceptors (Lipinski definition) is 2. The van der Waals surface area contributed by atoms with E-state index in [1.807, 2.05) is 0 Å². The van der Waals surface area contributed by atoms with Crippen LogP contribution in [0.2, 0.25) is 0 Å². The topological polar surface area (TPSA) is 53.1 Å². The van der Waals surface area contributed by atoms with Gasteiger partial charge in [-0.25, -0.2) is 8.78 Å². The molecule has 2 N–H and O–H groups in total. The SMILES string of the molecule is O=c1[nH]cc(Br)c(C(F)F)c1O. The van der Waals surface area contributed by atoms with E-state index in [-0.39, 0.29) is 4.47 Å². The van der Waals surface area contributed by atoms with Gasteiger partial charge < -0.3 is 10.1 Å². The number of aromatic hydroxyl groups is 1. The van der Waals surface area contributed by atoms with Gasteiger partial charge in [-0.2, -0.15) is 0 Å². The van der Waals surface area contributed by atoms with E-state index in [1.165, 1.54) is 0 Å². The fourth-order valence-corrected chi connectivity index (χ4v) is 1.19. The van der Waals surface area contributed by atoms with Crippen LogP contribution in [0.5, 0.6) is 5.75 Å². The largest absolute Gasteiger partial charge is 0.503 e. The number of H-pyrrole nitrogens is 1. The fraction of sp³-hybridized carbons (Fsp3) is 0.167. The molecule has 0 atom stereocenters. The molecule has 6 heteroatoms. The molecular weight excluding hydrogens is 236 g/mol. The van der Waals surface area contributed by atoms with Gasteiger partial charge in [-0.3, -0.25) is 4.79 Å². The molecule has 0 aliphatic carbocycles. The van der Waals surface area contributed by atoms with E-state index in [2.05, 4.69) is 20.9 Å². The summed E-state index contributed by atoms with van der Waals surface area (Å²) in [5.41, 5.74) is -1.60. The van der Waals surface area contributed by atoms with E-state index in [9.17, 15) is 13.6 Å². The number of hydrogen-bond donors (Lipinski definition) is 2. The molecule has 0 aliphatic heterocycles. The molecule has 3 nitrogen and oxygen atoms in total. The Morgan fingerprint density at radius 1 is 1.58 bits per heavy atom. The summed E-state index contributed by atoms with van der Waals surface area (Å²) < 4.78 is 24.2. The Kier molecular flexibility index (Phi) is 2.46. The van der Waals surface area contributed by atoms with E-state index in [4.69, 9.17) is 5.11 Å². The monoisotopic (exact) mass is 239 g/mol. The number of halogens is 3. The van der Waals surface area contributed by atoms with Crippen molar-refractivity contribution in [2.75, 3.05) is 0 Å². The Labute approximate surface area is 74.2 Å². The third kappa shape index (κ3) is 1.47. The normalized spacial score (nSPS) is 10.7. The third-order valence-corrected chi connectivity index (χ3v) is 1.93. The van der Waals surface area contributed by atoms with Crippen LogP contribution in [0.25, 0.3) is 0 Å². The summed E-state index contributed by atoms with van der Waals surface area (Å²) in [7, 11) is 0. The lowest BCUT2D eigenvalue weighted by Crippen LogP contribution is -2.07. The minimum Gasteiger partial charge on any atom is -0.503 e. The zero-order valence-electron chi connectivity index (χ0n) is 5.64. The van der Waals surface area contributed by atoms with Crippen LogP contribution in [0.1, 0.15) is 12.0 Å². The van der Waals surface area contributed by atoms with Gasteiger partial charge in [0.2, 0.25) is 0 Å². The summed E-state index contributed by atoms with van der Waals surface area (Å²) in [6, 6.07) is 0. The first-order chi connectivity index (χ1) is 5.54. The molecule has 1 heterocycles. The summed E-state index contributed by atoms with van der Waals surface area (Å²) in [6.07, 6.45) is -1.81. The molecule has 0 saturated heterocycles. The number of pyridine rings is 1. The molecule has 1 aromatic rings. The maximum atomic E-state index is 12.1. The van der Waals surface area contributed by atoms with Gasteiger partial charge in [0.05, 0.1) is 5.56 Å². The molecule has 66 valence electrons. The van der Waals surface area contributed by atoms with Gasteiger partial charge in [0, 0.05) is 10.7 Å². The van der Waals surface area contributed by atoms with Crippen molar-refractivity contribution in [3.63, 3.8) is 0 Å². The molecule has 0 saturated carbocycles. The summed E-state index contributed by atoms with van der Waals surface area (Å²) >= 11 is 2.77. The van der Waals surface area contributed by atoms with Crippen LogP contribution in [0, 0.1) is 0 Å². The summed E-state index contributed by atoms with van der Waals surface area (Å²) in [5, 5.41) is 8.90. The molecule has 0 aromatic carbocycles. The lowest BCUT2D eigenvalue weighted by Gasteiger charge is -2.03. The highest BCUT2D eigenvalue weighted by atomic mass is 79.9. The number of aromatic amines is 1. The molecule has 0 radical (unpaired) electrons. The van der Waals surface area contributed by atoms with Crippen molar-refractivity contribution in [1.82, 2.24) is 4.98 Å². The zero-order valence-corrected chi connectivity index (χ0v) is 7.23. The lowest BCUT2D eigenvalue weighted by atomic mass is 10.2. The van der Waals surface area contributed by atoms with Gasteiger partial charge in [-0.15, -0.1) is 0 Å². The van der Waals surface area contributed by atoms with Crippen molar-refractivity contribution in [2.45, 2.75) is 6.43 Å². The Hall–Kier alpha value is -0.910. The molecule has 0 amide bonds. The molecule has 0 spiro atoms. The first-order valence-electron chi connectivity index (χ1n) is 2.92. The van der Waals surface area contributed by atoms with E-state index in [0.717, 1.165) is 6.20 Å². The molecule has 0 bridgehead atoms. The Morgan fingerprint density at radius 2 is 2.17 bits per heavy atom. The van der Waals surface area contributed by atoms with Gasteiger partial charge in [-0.1, -0.05) is 0 Å². The van der Waals surface area contributed by atoms with E-state index in [1.54, 1.807) is 0 Å². The summed E-state index contributed by atoms with van der Waals surface area (Å²) in [6.45, 7) is 0. The van der Waals surface area contributed by atoms with Crippen LogP contribution in [-0.4, -0.2) is 10.1 Å². The highest BCUT2D eigenvalue weighted by molar-refractivity contribution is 9.10. The van der Waals surface area contributed by atoms with Crippen molar-refractivity contribution in [3.8, 4) is 5.75 Å². The summed E-state index contributed by atoms with van der Waals surface area (Å²) in [4.78, 5) is 12.7. The molecule has 0 aliphatic rings. The predicted molar refractivity (Wildman–Crippen MR) is 41.4 cm³/mol. The molecule has 1 aromatic heterocycles. The molecule has 1 rings (SSSR count). The molecule has 12 heavy (non-hydrogen) atoms. The van der Waals surface area contributed by atoms with Gasteiger partial charge >= 0.3 is 0 Å². The van der Waals surface area contributed by atoms with Crippen LogP contribution in [0.3, 0.4) is 0 Å². The first-order valence-corrected chi connectivity index (χ1v) is 3.71. The number of rotatable bonds is 1. The smallest absolute Gasteiger partial charge is 0.290 e. The maximum absolute atomic E-state index is 12.1. The van der Waals surface area contributed by atoms with E-state index < -0.39 is 23.3 Å². The van der Waals surface area contributed by atoms with Crippen LogP contribution in [0.15, 0.2) is 15.5 Å². The van der Waals surface area contributed by atoms with Gasteiger partial charge in [0.25, 0.3) is 12.0 Å². The highest BCUT2D eigenvalue weighted by Gasteiger charge is 2.18. The lowest BCUT2D eigenvalue weighted by molar-refractivity contribution is 0.146. The quantitative estimate of drug-likeness (QED) is 0.785.